The maximum Gasteiger partial charge on any atom is 0.223 e. The zero-order valence-corrected chi connectivity index (χ0v) is 10.5. The molecule has 1 N–H and O–H groups in total. The first-order chi connectivity index (χ1) is 8.63. The second-order valence-electron chi connectivity index (χ2n) is 4.40. The molecule has 3 nitrogen and oxygen atoms in total. The third kappa shape index (κ3) is 3.52. The van der Waals surface area contributed by atoms with Crippen LogP contribution < -0.4 is 5.32 Å². The van der Waals surface area contributed by atoms with Gasteiger partial charge < -0.3 is 5.32 Å². The predicted octanol–water partition coefficient (Wildman–Crippen LogP) is 2.97. The molecule has 1 unspecified atom stereocenters. The van der Waals surface area contributed by atoms with Gasteiger partial charge in [-0.1, -0.05) is 12.1 Å². The minimum absolute atomic E-state index is 0.147. The van der Waals surface area contributed by atoms with Crippen LogP contribution in [0.5, 0.6) is 0 Å². The van der Waals surface area contributed by atoms with Crippen molar-refractivity contribution in [3.8, 4) is 0 Å². The quantitative estimate of drug-likeness (QED) is 0.899. The van der Waals surface area contributed by atoms with Gasteiger partial charge in [0, 0.05) is 17.9 Å². The van der Waals surface area contributed by atoms with Crippen LogP contribution in [0.25, 0.3) is 0 Å². The molecule has 0 fully saturated rings. The molecule has 4 heteroatoms. The number of benzene rings is 1. The third-order valence-electron chi connectivity index (χ3n) is 2.60. The summed E-state index contributed by atoms with van der Waals surface area (Å²) >= 11 is 0. The molecule has 1 heterocycles. The smallest absolute Gasteiger partial charge is 0.223 e. The largest absolute Gasteiger partial charge is 0.351 e. The maximum atomic E-state index is 13.1. The van der Waals surface area contributed by atoms with Crippen LogP contribution in [0.3, 0.4) is 0 Å². The molecular formula is C14H16FN3. The van der Waals surface area contributed by atoms with E-state index in [9.17, 15) is 4.39 Å². The number of aromatic nitrogens is 2. The number of aryl methyl sites for hydroxylation is 1. The number of hydrogen-bond donors (Lipinski definition) is 1. The molecule has 0 bridgehead atoms. The highest BCUT2D eigenvalue weighted by Crippen LogP contribution is 2.09. The van der Waals surface area contributed by atoms with E-state index in [1.54, 1.807) is 18.3 Å². The summed E-state index contributed by atoms with van der Waals surface area (Å²) in [5.74, 6) is 0.408. The number of halogens is 1. The van der Waals surface area contributed by atoms with Crippen LogP contribution in [0.1, 0.15) is 18.2 Å². The summed E-state index contributed by atoms with van der Waals surface area (Å²) in [7, 11) is 0. The second-order valence-corrected chi connectivity index (χ2v) is 4.40. The Morgan fingerprint density at radius 3 is 2.89 bits per heavy atom. The van der Waals surface area contributed by atoms with Crippen molar-refractivity contribution in [3.63, 3.8) is 0 Å². The molecule has 0 aliphatic carbocycles. The first kappa shape index (κ1) is 12.5. The van der Waals surface area contributed by atoms with Crippen molar-refractivity contribution >= 4 is 5.95 Å². The molecule has 2 rings (SSSR count). The Morgan fingerprint density at radius 1 is 1.33 bits per heavy atom. The molecule has 2 aromatic rings. The van der Waals surface area contributed by atoms with Gasteiger partial charge in [-0.15, -0.1) is 0 Å². The highest BCUT2D eigenvalue weighted by Gasteiger charge is 2.06. The molecule has 0 saturated heterocycles. The summed E-state index contributed by atoms with van der Waals surface area (Å²) in [6.07, 6.45) is 2.45. The van der Waals surface area contributed by atoms with Gasteiger partial charge in [0.05, 0.1) is 0 Å². The lowest BCUT2D eigenvalue weighted by molar-refractivity contribution is 0.624. The van der Waals surface area contributed by atoms with Gasteiger partial charge in [0.25, 0.3) is 0 Å². The van der Waals surface area contributed by atoms with Crippen LogP contribution in [0.4, 0.5) is 10.3 Å². The molecule has 0 amide bonds. The van der Waals surface area contributed by atoms with E-state index in [0.717, 1.165) is 17.7 Å². The van der Waals surface area contributed by atoms with E-state index in [0.29, 0.717) is 5.95 Å². The summed E-state index contributed by atoms with van der Waals surface area (Å²) in [4.78, 5) is 8.42. The number of nitrogens with one attached hydrogen (secondary N) is 1. The molecule has 0 aliphatic rings. The van der Waals surface area contributed by atoms with Crippen LogP contribution in [-0.4, -0.2) is 16.0 Å². The van der Waals surface area contributed by atoms with Gasteiger partial charge in [-0.25, -0.2) is 14.4 Å². The number of rotatable bonds is 4. The summed E-state index contributed by atoms with van der Waals surface area (Å²) in [6, 6.07) is 8.63. The fourth-order valence-electron chi connectivity index (χ4n) is 1.81. The van der Waals surface area contributed by atoms with Crippen molar-refractivity contribution in [3.05, 3.63) is 53.6 Å². The molecule has 18 heavy (non-hydrogen) atoms. The summed E-state index contributed by atoms with van der Waals surface area (Å²) in [6.45, 7) is 3.95. The number of nitrogens with zero attached hydrogens (tertiary/aromatic N) is 2. The highest BCUT2D eigenvalue weighted by molar-refractivity contribution is 5.28. The predicted molar refractivity (Wildman–Crippen MR) is 70.0 cm³/mol. The average Bonchev–Trinajstić information content (AvgIpc) is 2.28. The van der Waals surface area contributed by atoms with Crippen LogP contribution in [-0.2, 0) is 6.42 Å². The van der Waals surface area contributed by atoms with E-state index < -0.39 is 0 Å². The molecule has 0 spiro atoms. The zero-order valence-electron chi connectivity index (χ0n) is 10.5. The van der Waals surface area contributed by atoms with Crippen molar-refractivity contribution in [2.24, 2.45) is 0 Å². The SMILES string of the molecule is Cc1ccnc(NC(C)Cc2cccc(F)c2)n1. The molecular weight excluding hydrogens is 229 g/mol. The van der Waals surface area contributed by atoms with Gasteiger partial charge in [0.2, 0.25) is 5.95 Å². The van der Waals surface area contributed by atoms with Crippen molar-refractivity contribution in [1.29, 1.82) is 0 Å². The minimum atomic E-state index is -0.202. The van der Waals surface area contributed by atoms with Gasteiger partial charge in [0.1, 0.15) is 5.82 Å². The molecule has 0 saturated carbocycles. The minimum Gasteiger partial charge on any atom is -0.351 e. The molecule has 94 valence electrons. The van der Waals surface area contributed by atoms with E-state index in [4.69, 9.17) is 0 Å². The van der Waals surface area contributed by atoms with Gasteiger partial charge >= 0.3 is 0 Å². The topological polar surface area (TPSA) is 37.8 Å². The van der Waals surface area contributed by atoms with Crippen molar-refractivity contribution in [1.82, 2.24) is 9.97 Å². The van der Waals surface area contributed by atoms with Crippen LogP contribution >= 0.6 is 0 Å². The van der Waals surface area contributed by atoms with E-state index >= 15 is 0 Å². The average molecular weight is 245 g/mol. The second kappa shape index (κ2) is 5.58. The van der Waals surface area contributed by atoms with Crippen LogP contribution in [0.2, 0.25) is 0 Å². The Morgan fingerprint density at radius 2 is 2.17 bits per heavy atom. The van der Waals surface area contributed by atoms with Crippen LogP contribution in [0, 0.1) is 12.7 Å². The van der Waals surface area contributed by atoms with E-state index in [1.165, 1.54) is 6.07 Å². The lowest BCUT2D eigenvalue weighted by Crippen LogP contribution is -2.19. The monoisotopic (exact) mass is 245 g/mol. The normalized spacial score (nSPS) is 12.2. The lowest BCUT2D eigenvalue weighted by atomic mass is 10.1. The van der Waals surface area contributed by atoms with Crippen LogP contribution in [0.15, 0.2) is 36.5 Å². The molecule has 0 radical (unpaired) electrons. The van der Waals surface area contributed by atoms with Gasteiger partial charge in [-0.3, -0.25) is 0 Å². The standard InChI is InChI=1S/C14H16FN3/c1-10-6-7-16-14(17-10)18-11(2)8-12-4-3-5-13(15)9-12/h3-7,9,11H,8H2,1-2H3,(H,16,17,18). The van der Waals surface area contributed by atoms with E-state index in [-0.39, 0.29) is 11.9 Å². The van der Waals surface area contributed by atoms with Crippen molar-refractivity contribution < 1.29 is 4.39 Å². The maximum absolute atomic E-state index is 13.1. The lowest BCUT2D eigenvalue weighted by Gasteiger charge is -2.13. The van der Waals surface area contributed by atoms with Crippen molar-refractivity contribution in [2.45, 2.75) is 26.3 Å². The third-order valence-corrected chi connectivity index (χ3v) is 2.60. The van der Waals surface area contributed by atoms with Gasteiger partial charge in [-0.05, 0) is 44.0 Å². The summed E-state index contributed by atoms with van der Waals surface area (Å²) < 4.78 is 13.1. The van der Waals surface area contributed by atoms with Crippen molar-refractivity contribution in [2.75, 3.05) is 5.32 Å². The number of anilines is 1. The first-order valence-corrected chi connectivity index (χ1v) is 5.94. The molecule has 0 aliphatic heterocycles. The zero-order chi connectivity index (χ0) is 13.0. The van der Waals surface area contributed by atoms with E-state index in [2.05, 4.69) is 15.3 Å². The highest BCUT2D eigenvalue weighted by atomic mass is 19.1. The Bertz CT molecular complexity index is 480. The molecule has 1 atom stereocenters. The Kier molecular flexibility index (Phi) is 3.87. The Hall–Kier alpha value is -1.97. The van der Waals surface area contributed by atoms with Gasteiger partial charge in [0.15, 0.2) is 0 Å². The molecule has 1 aromatic heterocycles. The molecule has 1 aromatic carbocycles. The first-order valence-electron chi connectivity index (χ1n) is 5.94. The Balaban J connectivity index is 1.98. The summed E-state index contributed by atoms with van der Waals surface area (Å²) in [5.41, 5.74) is 1.88. The van der Waals surface area contributed by atoms with E-state index in [1.807, 2.05) is 26.0 Å². The van der Waals surface area contributed by atoms with Gasteiger partial charge in [-0.2, -0.15) is 0 Å². The summed E-state index contributed by atoms with van der Waals surface area (Å²) in [5, 5.41) is 3.21. The Labute approximate surface area is 106 Å². The fraction of sp³-hybridized carbons (Fsp3) is 0.286. The number of hydrogen-bond acceptors (Lipinski definition) is 3. The fourth-order valence-corrected chi connectivity index (χ4v) is 1.81.